The van der Waals surface area contributed by atoms with Gasteiger partial charge in [-0.15, -0.1) is 11.3 Å². The predicted octanol–water partition coefficient (Wildman–Crippen LogP) is 5.19. The average Bonchev–Trinajstić information content (AvgIpc) is 3.03. The lowest BCUT2D eigenvalue weighted by Gasteiger charge is -2.21. The SMILES string of the molecule is c1cc(NCCC2CCCCC2)cc(-c2nccs2)c1. The van der Waals surface area contributed by atoms with Crippen molar-refractivity contribution in [2.75, 3.05) is 11.9 Å². The Bertz CT molecular complexity index is 516. The lowest BCUT2D eigenvalue weighted by Crippen LogP contribution is -2.12. The molecule has 0 saturated heterocycles. The number of hydrogen-bond acceptors (Lipinski definition) is 3. The Morgan fingerprint density at radius 2 is 2.10 bits per heavy atom. The molecule has 3 rings (SSSR count). The van der Waals surface area contributed by atoms with Crippen LogP contribution in [0.15, 0.2) is 35.8 Å². The van der Waals surface area contributed by atoms with Crippen LogP contribution >= 0.6 is 11.3 Å². The monoisotopic (exact) mass is 286 g/mol. The maximum atomic E-state index is 4.37. The molecule has 0 atom stereocenters. The maximum Gasteiger partial charge on any atom is 0.123 e. The molecule has 2 aromatic rings. The van der Waals surface area contributed by atoms with Crippen LogP contribution in [0.5, 0.6) is 0 Å². The number of thiazole rings is 1. The highest BCUT2D eigenvalue weighted by atomic mass is 32.1. The van der Waals surface area contributed by atoms with E-state index in [-0.39, 0.29) is 0 Å². The molecule has 1 aromatic carbocycles. The Hall–Kier alpha value is -1.35. The molecule has 3 heteroatoms. The summed E-state index contributed by atoms with van der Waals surface area (Å²) < 4.78 is 0. The van der Waals surface area contributed by atoms with Gasteiger partial charge < -0.3 is 5.32 Å². The Morgan fingerprint density at radius 3 is 2.90 bits per heavy atom. The maximum absolute atomic E-state index is 4.37. The normalized spacial score (nSPS) is 16.2. The van der Waals surface area contributed by atoms with Gasteiger partial charge in [0.1, 0.15) is 5.01 Å². The third kappa shape index (κ3) is 3.60. The van der Waals surface area contributed by atoms with Crippen LogP contribution in [0.3, 0.4) is 0 Å². The zero-order valence-corrected chi connectivity index (χ0v) is 12.7. The molecule has 0 spiro atoms. The fourth-order valence-electron chi connectivity index (χ4n) is 3.02. The first kappa shape index (κ1) is 13.6. The first-order valence-electron chi connectivity index (χ1n) is 7.65. The van der Waals surface area contributed by atoms with Gasteiger partial charge in [-0.2, -0.15) is 0 Å². The molecule has 20 heavy (non-hydrogen) atoms. The van der Waals surface area contributed by atoms with E-state index in [0.717, 1.165) is 17.5 Å². The van der Waals surface area contributed by atoms with Gasteiger partial charge in [-0.25, -0.2) is 4.98 Å². The summed E-state index contributed by atoms with van der Waals surface area (Å²) in [5.41, 5.74) is 2.43. The standard InChI is InChI=1S/C17H22N2S/c1-2-5-14(6-3-1)9-10-18-16-8-4-7-15(13-16)17-19-11-12-20-17/h4,7-8,11-14,18H,1-3,5-6,9-10H2. The van der Waals surface area contributed by atoms with Gasteiger partial charge in [-0.05, 0) is 24.5 Å². The van der Waals surface area contributed by atoms with E-state index in [4.69, 9.17) is 0 Å². The van der Waals surface area contributed by atoms with Crippen molar-refractivity contribution in [2.24, 2.45) is 5.92 Å². The molecule has 1 aliphatic rings. The zero-order chi connectivity index (χ0) is 13.6. The van der Waals surface area contributed by atoms with Crippen LogP contribution < -0.4 is 5.32 Å². The molecule has 106 valence electrons. The van der Waals surface area contributed by atoms with Gasteiger partial charge >= 0.3 is 0 Å². The van der Waals surface area contributed by atoms with Crippen LogP contribution in [0.1, 0.15) is 38.5 Å². The van der Waals surface area contributed by atoms with Crippen LogP contribution in [-0.4, -0.2) is 11.5 Å². The number of anilines is 1. The number of benzene rings is 1. The van der Waals surface area contributed by atoms with Crippen LogP contribution in [-0.2, 0) is 0 Å². The predicted molar refractivity (Wildman–Crippen MR) is 87.2 cm³/mol. The van der Waals surface area contributed by atoms with Crippen LogP contribution in [0.2, 0.25) is 0 Å². The van der Waals surface area contributed by atoms with Crippen molar-refractivity contribution in [3.05, 3.63) is 35.8 Å². The van der Waals surface area contributed by atoms with Crippen molar-refractivity contribution in [2.45, 2.75) is 38.5 Å². The number of rotatable bonds is 5. The molecule has 1 aromatic heterocycles. The molecule has 0 unspecified atom stereocenters. The van der Waals surface area contributed by atoms with Gasteiger partial charge in [0.2, 0.25) is 0 Å². The Labute approximate surface area is 125 Å². The second-order valence-corrected chi connectivity index (χ2v) is 6.53. The summed E-state index contributed by atoms with van der Waals surface area (Å²) in [4.78, 5) is 4.37. The molecule has 0 radical (unpaired) electrons. The van der Waals surface area contributed by atoms with E-state index in [1.54, 1.807) is 11.3 Å². The molecule has 0 bridgehead atoms. The van der Waals surface area contributed by atoms with Gasteiger partial charge in [0, 0.05) is 29.4 Å². The van der Waals surface area contributed by atoms with E-state index in [0.29, 0.717) is 0 Å². The van der Waals surface area contributed by atoms with E-state index in [2.05, 4.69) is 34.6 Å². The van der Waals surface area contributed by atoms with Gasteiger partial charge in [-0.1, -0.05) is 44.2 Å². The third-order valence-electron chi connectivity index (χ3n) is 4.15. The molecule has 1 N–H and O–H groups in total. The van der Waals surface area contributed by atoms with Gasteiger partial charge in [0.05, 0.1) is 0 Å². The summed E-state index contributed by atoms with van der Waals surface area (Å²) in [6.07, 6.45) is 10.3. The smallest absolute Gasteiger partial charge is 0.123 e. The van der Waals surface area contributed by atoms with Gasteiger partial charge in [0.15, 0.2) is 0 Å². The van der Waals surface area contributed by atoms with Crippen molar-refractivity contribution < 1.29 is 0 Å². The molecule has 1 fully saturated rings. The molecule has 1 saturated carbocycles. The lowest BCUT2D eigenvalue weighted by atomic mass is 9.87. The summed E-state index contributed by atoms with van der Waals surface area (Å²) in [6, 6.07) is 8.60. The highest BCUT2D eigenvalue weighted by molar-refractivity contribution is 7.13. The molecule has 1 heterocycles. The van der Waals surface area contributed by atoms with Crippen LogP contribution in [0.25, 0.3) is 10.6 Å². The Morgan fingerprint density at radius 1 is 1.20 bits per heavy atom. The molecule has 0 aliphatic heterocycles. The minimum absolute atomic E-state index is 0.943. The number of nitrogens with zero attached hydrogens (tertiary/aromatic N) is 1. The molecular formula is C17H22N2S. The van der Waals surface area contributed by atoms with E-state index in [9.17, 15) is 0 Å². The topological polar surface area (TPSA) is 24.9 Å². The van der Waals surface area contributed by atoms with E-state index in [1.165, 1.54) is 49.8 Å². The van der Waals surface area contributed by atoms with E-state index in [1.807, 2.05) is 11.6 Å². The van der Waals surface area contributed by atoms with Gasteiger partial charge in [-0.3, -0.25) is 0 Å². The Balaban J connectivity index is 1.53. The summed E-state index contributed by atoms with van der Waals surface area (Å²) in [5, 5.41) is 6.70. The molecule has 0 amide bonds. The molecular weight excluding hydrogens is 264 g/mol. The highest BCUT2D eigenvalue weighted by Gasteiger charge is 2.12. The summed E-state index contributed by atoms with van der Waals surface area (Å²) in [5.74, 6) is 0.943. The first-order valence-corrected chi connectivity index (χ1v) is 8.53. The number of hydrogen-bond donors (Lipinski definition) is 1. The van der Waals surface area contributed by atoms with E-state index >= 15 is 0 Å². The van der Waals surface area contributed by atoms with Crippen LogP contribution in [0.4, 0.5) is 5.69 Å². The quantitative estimate of drug-likeness (QED) is 0.818. The minimum Gasteiger partial charge on any atom is -0.385 e. The number of aromatic nitrogens is 1. The second-order valence-electron chi connectivity index (χ2n) is 5.64. The van der Waals surface area contributed by atoms with Crippen molar-refractivity contribution >= 4 is 17.0 Å². The fourth-order valence-corrected chi connectivity index (χ4v) is 3.66. The summed E-state index contributed by atoms with van der Waals surface area (Å²) in [7, 11) is 0. The Kier molecular flexibility index (Phi) is 4.69. The summed E-state index contributed by atoms with van der Waals surface area (Å²) >= 11 is 1.69. The first-order chi connectivity index (χ1) is 9.92. The van der Waals surface area contributed by atoms with Crippen molar-refractivity contribution in [3.8, 4) is 10.6 Å². The molecule has 2 nitrogen and oxygen atoms in total. The minimum atomic E-state index is 0.943. The molecule has 1 aliphatic carbocycles. The second kappa shape index (κ2) is 6.89. The lowest BCUT2D eigenvalue weighted by molar-refractivity contribution is 0.345. The van der Waals surface area contributed by atoms with Crippen molar-refractivity contribution in [1.29, 1.82) is 0 Å². The number of nitrogens with one attached hydrogen (secondary N) is 1. The van der Waals surface area contributed by atoms with Crippen LogP contribution in [0, 0.1) is 5.92 Å². The van der Waals surface area contributed by atoms with Crippen molar-refractivity contribution in [1.82, 2.24) is 4.98 Å². The van der Waals surface area contributed by atoms with Gasteiger partial charge in [0.25, 0.3) is 0 Å². The average molecular weight is 286 g/mol. The summed E-state index contributed by atoms with van der Waals surface area (Å²) in [6.45, 7) is 1.09. The third-order valence-corrected chi connectivity index (χ3v) is 4.97. The zero-order valence-electron chi connectivity index (χ0n) is 11.8. The largest absolute Gasteiger partial charge is 0.385 e. The van der Waals surface area contributed by atoms with Crippen molar-refractivity contribution in [3.63, 3.8) is 0 Å². The van der Waals surface area contributed by atoms with E-state index < -0.39 is 0 Å². The highest BCUT2D eigenvalue weighted by Crippen LogP contribution is 2.27. The fraction of sp³-hybridized carbons (Fsp3) is 0.471.